The first kappa shape index (κ1) is 17.3. The van der Waals surface area contributed by atoms with Crippen molar-refractivity contribution in [2.75, 3.05) is 5.32 Å². The van der Waals surface area contributed by atoms with E-state index < -0.39 is 0 Å². The normalized spacial score (nSPS) is 18.7. The standard InChI is InChI=1S/C22H20ClN3O2/c1-12-9-10-18(28-12)21-19-13(2)25-26(15-6-3-5-14(23)11-15)22(19)24-16-7-4-8-17(27)20(16)21/h3,5-6,9-11,21,24H,4,7-8H2,1-2H3. The molecule has 1 aliphatic carbocycles. The van der Waals surface area contributed by atoms with E-state index in [2.05, 4.69) is 5.32 Å². The number of carbonyl (C=O) groups excluding carboxylic acids is 1. The minimum absolute atomic E-state index is 0.188. The summed E-state index contributed by atoms with van der Waals surface area (Å²) < 4.78 is 7.87. The summed E-state index contributed by atoms with van der Waals surface area (Å²) in [5.74, 6) is 2.46. The molecular weight excluding hydrogens is 374 g/mol. The van der Waals surface area contributed by atoms with Crippen molar-refractivity contribution >= 4 is 23.2 Å². The highest BCUT2D eigenvalue weighted by Crippen LogP contribution is 2.47. The highest BCUT2D eigenvalue weighted by molar-refractivity contribution is 6.30. The Labute approximate surface area is 168 Å². The smallest absolute Gasteiger partial charge is 0.161 e. The fourth-order valence-corrected chi connectivity index (χ4v) is 4.49. The molecule has 3 heterocycles. The van der Waals surface area contributed by atoms with Gasteiger partial charge in [0.1, 0.15) is 17.3 Å². The van der Waals surface area contributed by atoms with Gasteiger partial charge in [0.25, 0.3) is 0 Å². The number of hydrogen-bond acceptors (Lipinski definition) is 4. The number of Topliss-reactive ketones (excluding diaryl/α,β-unsaturated/α-hetero) is 1. The van der Waals surface area contributed by atoms with Gasteiger partial charge >= 0.3 is 0 Å². The Hall–Kier alpha value is -2.79. The average Bonchev–Trinajstić information content (AvgIpc) is 3.24. The highest BCUT2D eigenvalue weighted by Gasteiger charge is 2.40. The monoisotopic (exact) mass is 393 g/mol. The number of aromatic nitrogens is 2. The molecule has 0 saturated carbocycles. The number of benzene rings is 1. The zero-order valence-corrected chi connectivity index (χ0v) is 16.5. The summed E-state index contributed by atoms with van der Waals surface area (Å²) in [6, 6.07) is 11.5. The van der Waals surface area contributed by atoms with Crippen molar-refractivity contribution in [1.82, 2.24) is 9.78 Å². The number of ketones is 1. The third-order valence-electron chi connectivity index (χ3n) is 5.51. The lowest BCUT2D eigenvalue weighted by Crippen LogP contribution is -2.27. The summed E-state index contributed by atoms with van der Waals surface area (Å²) in [5, 5.41) is 8.96. The number of hydrogen-bond donors (Lipinski definition) is 1. The largest absolute Gasteiger partial charge is 0.465 e. The number of aryl methyl sites for hydroxylation is 2. The Balaban J connectivity index is 1.75. The lowest BCUT2D eigenvalue weighted by Gasteiger charge is -2.31. The van der Waals surface area contributed by atoms with Gasteiger partial charge in [0.15, 0.2) is 5.78 Å². The summed E-state index contributed by atoms with van der Waals surface area (Å²) in [6.07, 6.45) is 2.28. The summed E-state index contributed by atoms with van der Waals surface area (Å²) in [6.45, 7) is 3.90. The maximum Gasteiger partial charge on any atom is 0.161 e. The Morgan fingerprint density at radius 2 is 2.07 bits per heavy atom. The van der Waals surface area contributed by atoms with Gasteiger partial charge in [-0.3, -0.25) is 4.79 Å². The second kappa shape index (κ2) is 6.38. The van der Waals surface area contributed by atoms with Gasteiger partial charge in [0.05, 0.1) is 17.3 Å². The lowest BCUT2D eigenvalue weighted by molar-refractivity contribution is -0.116. The second-order valence-electron chi connectivity index (χ2n) is 7.41. The fourth-order valence-electron chi connectivity index (χ4n) is 4.31. The molecule has 5 rings (SSSR count). The second-order valence-corrected chi connectivity index (χ2v) is 7.85. The van der Waals surface area contributed by atoms with E-state index >= 15 is 0 Å². The Bertz CT molecular complexity index is 1140. The van der Waals surface area contributed by atoms with Crippen LogP contribution in [0.15, 0.2) is 52.1 Å². The van der Waals surface area contributed by atoms with Crippen LogP contribution in [-0.2, 0) is 4.79 Å². The molecule has 0 amide bonds. The van der Waals surface area contributed by atoms with Crippen molar-refractivity contribution in [1.29, 1.82) is 0 Å². The van der Waals surface area contributed by atoms with Gasteiger partial charge in [0, 0.05) is 28.3 Å². The summed E-state index contributed by atoms with van der Waals surface area (Å²) in [4.78, 5) is 12.9. The molecule has 0 spiro atoms. The van der Waals surface area contributed by atoms with Gasteiger partial charge in [-0.2, -0.15) is 5.10 Å². The van der Waals surface area contributed by atoms with Crippen LogP contribution in [0.4, 0.5) is 5.82 Å². The van der Waals surface area contributed by atoms with E-state index in [1.165, 1.54) is 0 Å². The summed E-state index contributed by atoms with van der Waals surface area (Å²) in [7, 11) is 0. The van der Waals surface area contributed by atoms with Crippen LogP contribution in [0, 0.1) is 13.8 Å². The van der Waals surface area contributed by atoms with Crippen LogP contribution in [0.1, 0.15) is 48.0 Å². The van der Waals surface area contributed by atoms with Crippen molar-refractivity contribution < 1.29 is 9.21 Å². The topological polar surface area (TPSA) is 60.1 Å². The first-order chi connectivity index (χ1) is 13.5. The first-order valence-corrected chi connectivity index (χ1v) is 9.86. The third-order valence-corrected chi connectivity index (χ3v) is 5.74. The van der Waals surface area contributed by atoms with Crippen molar-refractivity contribution in [3.63, 3.8) is 0 Å². The van der Waals surface area contributed by atoms with Gasteiger partial charge < -0.3 is 9.73 Å². The predicted octanol–water partition coefficient (Wildman–Crippen LogP) is 5.30. The quantitative estimate of drug-likeness (QED) is 0.641. The molecule has 2 aliphatic rings. The molecule has 1 aromatic carbocycles. The van der Waals surface area contributed by atoms with E-state index in [4.69, 9.17) is 21.1 Å². The number of nitrogens with one attached hydrogen (secondary N) is 1. The Morgan fingerprint density at radius 3 is 2.82 bits per heavy atom. The zero-order valence-electron chi connectivity index (χ0n) is 15.8. The zero-order chi connectivity index (χ0) is 19.4. The fraction of sp³-hybridized carbons (Fsp3) is 0.273. The molecule has 0 saturated heterocycles. The molecule has 1 N–H and O–H groups in total. The van der Waals surface area contributed by atoms with Gasteiger partial charge in [-0.05, 0) is 57.0 Å². The molecule has 2 aromatic heterocycles. The first-order valence-electron chi connectivity index (χ1n) is 9.48. The SMILES string of the molecule is Cc1ccc(C2C3=C(CCCC3=O)Nc3c2c(C)nn3-c2cccc(Cl)c2)o1. The molecule has 1 aliphatic heterocycles. The van der Waals surface area contributed by atoms with Crippen LogP contribution in [0.3, 0.4) is 0 Å². The molecule has 1 unspecified atom stereocenters. The van der Waals surface area contributed by atoms with Gasteiger partial charge in [-0.15, -0.1) is 0 Å². The molecule has 5 nitrogen and oxygen atoms in total. The van der Waals surface area contributed by atoms with E-state index in [0.717, 1.165) is 58.4 Å². The van der Waals surface area contributed by atoms with Crippen molar-refractivity contribution in [3.05, 3.63) is 75.5 Å². The maximum atomic E-state index is 12.9. The third kappa shape index (κ3) is 2.61. The number of allylic oxidation sites excluding steroid dienone is 2. The highest BCUT2D eigenvalue weighted by atomic mass is 35.5. The van der Waals surface area contributed by atoms with E-state index in [1.54, 1.807) is 0 Å². The molecule has 3 aromatic rings. The number of fused-ring (bicyclic) bond motifs is 1. The number of rotatable bonds is 2. The molecule has 0 fully saturated rings. The van der Waals surface area contributed by atoms with Crippen LogP contribution in [0.2, 0.25) is 5.02 Å². The van der Waals surface area contributed by atoms with Crippen LogP contribution in [-0.4, -0.2) is 15.6 Å². The average molecular weight is 394 g/mol. The van der Waals surface area contributed by atoms with Crippen molar-refractivity contribution in [2.24, 2.45) is 0 Å². The lowest BCUT2D eigenvalue weighted by atomic mass is 9.78. The number of halogens is 1. The van der Waals surface area contributed by atoms with E-state index in [1.807, 2.05) is 54.9 Å². The van der Waals surface area contributed by atoms with Gasteiger partial charge in [-0.1, -0.05) is 17.7 Å². The van der Waals surface area contributed by atoms with Crippen LogP contribution < -0.4 is 5.32 Å². The van der Waals surface area contributed by atoms with Crippen LogP contribution in [0.5, 0.6) is 0 Å². The Morgan fingerprint density at radius 1 is 1.21 bits per heavy atom. The number of anilines is 1. The molecule has 0 radical (unpaired) electrons. The van der Waals surface area contributed by atoms with E-state index in [9.17, 15) is 4.79 Å². The molecule has 28 heavy (non-hydrogen) atoms. The maximum absolute atomic E-state index is 12.9. The molecule has 6 heteroatoms. The molecule has 0 bridgehead atoms. The number of nitrogens with zero attached hydrogens (tertiary/aromatic N) is 2. The van der Waals surface area contributed by atoms with Crippen LogP contribution >= 0.6 is 11.6 Å². The minimum atomic E-state index is -0.235. The molecule has 1 atom stereocenters. The van der Waals surface area contributed by atoms with Crippen LogP contribution in [0.25, 0.3) is 5.69 Å². The van der Waals surface area contributed by atoms with Crippen molar-refractivity contribution in [2.45, 2.75) is 39.0 Å². The van der Waals surface area contributed by atoms with E-state index in [0.29, 0.717) is 11.4 Å². The van der Waals surface area contributed by atoms with Gasteiger partial charge in [0.2, 0.25) is 0 Å². The minimum Gasteiger partial charge on any atom is -0.465 e. The summed E-state index contributed by atoms with van der Waals surface area (Å²) >= 11 is 6.21. The van der Waals surface area contributed by atoms with E-state index in [-0.39, 0.29) is 11.7 Å². The van der Waals surface area contributed by atoms with Gasteiger partial charge in [-0.25, -0.2) is 4.68 Å². The summed E-state index contributed by atoms with van der Waals surface area (Å²) in [5.41, 5.74) is 4.53. The number of carbonyl (C=O) groups is 1. The Kier molecular flexibility index (Phi) is 3.95. The number of furan rings is 1. The van der Waals surface area contributed by atoms with Crippen molar-refractivity contribution in [3.8, 4) is 5.69 Å². The molecule has 142 valence electrons. The predicted molar refractivity (Wildman–Crippen MR) is 108 cm³/mol. The molecular formula is C22H20ClN3O2.